The first-order valence-corrected chi connectivity index (χ1v) is 6.08. The van der Waals surface area contributed by atoms with Crippen molar-refractivity contribution in [3.63, 3.8) is 0 Å². The molecule has 3 N–H and O–H groups in total. The van der Waals surface area contributed by atoms with Crippen molar-refractivity contribution in [3.05, 3.63) is 0 Å². The lowest BCUT2D eigenvalue weighted by Crippen LogP contribution is -2.70. The Labute approximate surface area is 87.9 Å². The lowest BCUT2D eigenvalue weighted by molar-refractivity contribution is -0.163. The second-order valence-corrected chi connectivity index (χ2v) is 5.46. The Morgan fingerprint density at radius 2 is 2.07 bits per heavy atom. The van der Waals surface area contributed by atoms with Crippen molar-refractivity contribution >= 4 is 11.8 Å². The van der Waals surface area contributed by atoms with Gasteiger partial charge in [0.2, 0.25) is 0 Å². The van der Waals surface area contributed by atoms with E-state index in [0.29, 0.717) is 6.54 Å². The smallest absolute Gasteiger partial charge is 0.109 e. The lowest BCUT2D eigenvalue weighted by Gasteiger charge is -2.53. The molecule has 14 heavy (non-hydrogen) atoms. The summed E-state index contributed by atoms with van der Waals surface area (Å²) in [5, 5.41) is 29.1. The van der Waals surface area contributed by atoms with E-state index < -0.39 is 18.3 Å². The molecule has 0 amide bonds. The van der Waals surface area contributed by atoms with Crippen LogP contribution in [-0.2, 0) is 0 Å². The number of β-amino-alcohol motifs (C(OH)–C–C–N with tert-alkyl or cyclic N) is 1. The number of aliphatic hydroxyl groups is 3. The summed E-state index contributed by atoms with van der Waals surface area (Å²) in [6.45, 7) is 3.30. The average molecular weight is 219 g/mol. The van der Waals surface area contributed by atoms with E-state index in [1.54, 1.807) is 11.8 Å². The van der Waals surface area contributed by atoms with Gasteiger partial charge in [-0.1, -0.05) is 0 Å². The third-order valence-corrected chi connectivity index (χ3v) is 4.64. The van der Waals surface area contributed by atoms with Crippen LogP contribution in [0.25, 0.3) is 0 Å². The number of fused-ring (bicyclic) bond motifs is 1. The molecular weight excluding hydrogens is 202 g/mol. The van der Waals surface area contributed by atoms with Crippen molar-refractivity contribution in [2.24, 2.45) is 0 Å². The molecule has 2 rings (SSSR count). The van der Waals surface area contributed by atoms with Crippen LogP contribution in [0.4, 0.5) is 0 Å². The molecule has 2 heterocycles. The summed E-state index contributed by atoms with van der Waals surface area (Å²) in [7, 11) is 0. The van der Waals surface area contributed by atoms with Crippen LogP contribution in [0.15, 0.2) is 0 Å². The second-order valence-electron chi connectivity index (χ2n) is 4.36. The van der Waals surface area contributed by atoms with Crippen molar-refractivity contribution < 1.29 is 15.3 Å². The third-order valence-electron chi connectivity index (χ3n) is 3.38. The molecule has 2 aliphatic rings. The number of hydrogen-bond acceptors (Lipinski definition) is 5. The molecule has 82 valence electrons. The summed E-state index contributed by atoms with van der Waals surface area (Å²) >= 11 is 1.79. The number of hydrogen-bond donors (Lipinski definition) is 3. The van der Waals surface area contributed by atoms with Gasteiger partial charge in [0.25, 0.3) is 0 Å². The fourth-order valence-corrected chi connectivity index (χ4v) is 3.55. The van der Waals surface area contributed by atoms with Crippen molar-refractivity contribution in [1.29, 1.82) is 0 Å². The van der Waals surface area contributed by atoms with Crippen LogP contribution in [-0.4, -0.2) is 68.7 Å². The Balaban J connectivity index is 2.21. The van der Waals surface area contributed by atoms with Gasteiger partial charge in [0.1, 0.15) is 12.2 Å². The van der Waals surface area contributed by atoms with Crippen LogP contribution in [0.2, 0.25) is 0 Å². The Hall–Kier alpha value is 0.190. The maximum atomic E-state index is 9.94. The minimum Gasteiger partial charge on any atom is -0.389 e. The van der Waals surface area contributed by atoms with Gasteiger partial charge in [-0.2, -0.15) is 11.8 Å². The highest BCUT2D eigenvalue weighted by Crippen LogP contribution is 2.35. The summed E-state index contributed by atoms with van der Waals surface area (Å²) in [4.78, 5) is 2.09. The normalized spacial score (nSPS) is 50.1. The maximum Gasteiger partial charge on any atom is 0.109 e. The fourth-order valence-electron chi connectivity index (χ4n) is 2.28. The highest BCUT2D eigenvalue weighted by molar-refractivity contribution is 7.99. The average Bonchev–Trinajstić information content (AvgIpc) is 2.17. The molecule has 0 spiro atoms. The van der Waals surface area contributed by atoms with Gasteiger partial charge < -0.3 is 15.3 Å². The molecule has 0 bridgehead atoms. The monoisotopic (exact) mass is 219 g/mol. The Morgan fingerprint density at radius 3 is 2.79 bits per heavy atom. The molecule has 0 unspecified atom stereocenters. The molecule has 0 saturated carbocycles. The van der Waals surface area contributed by atoms with E-state index in [1.165, 1.54) is 0 Å². The highest BCUT2D eigenvalue weighted by Gasteiger charge is 2.50. The molecule has 5 heteroatoms. The fraction of sp³-hybridized carbons (Fsp3) is 1.00. The SMILES string of the molecule is C[C@]12CSCCN1C[C@H](O)[C@@H](O)[C@@H]2O. The zero-order valence-corrected chi connectivity index (χ0v) is 9.07. The molecule has 2 fully saturated rings. The lowest BCUT2D eigenvalue weighted by atomic mass is 9.83. The molecule has 2 saturated heterocycles. The van der Waals surface area contributed by atoms with Gasteiger partial charge in [0, 0.05) is 24.6 Å². The third kappa shape index (κ3) is 1.47. The number of piperidine rings is 1. The Kier molecular flexibility index (Phi) is 2.79. The largest absolute Gasteiger partial charge is 0.389 e. The summed E-state index contributed by atoms with van der Waals surface area (Å²) in [5.41, 5.74) is -0.373. The molecule has 0 radical (unpaired) electrons. The molecule has 0 aliphatic carbocycles. The van der Waals surface area contributed by atoms with E-state index in [0.717, 1.165) is 18.1 Å². The van der Waals surface area contributed by atoms with E-state index in [1.807, 2.05) is 6.92 Å². The number of thioether (sulfide) groups is 1. The van der Waals surface area contributed by atoms with Crippen LogP contribution in [0, 0.1) is 0 Å². The molecule has 4 atom stereocenters. The van der Waals surface area contributed by atoms with Crippen molar-refractivity contribution in [2.45, 2.75) is 30.8 Å². The Bertz CT molecular complexity index is 224. The molecule has 4 nitrogen and oxygen atoms in total. The summed E-state index contributed by atoms with van der Waals surface area (Å²) < 4.78 is 0. The van der Waals surface area contributed by atoms with Gasteiger partial charge in [-0.25, -0.2) is 0 Å². The summed E-state index contributed by atoms with van der Waals surface area (Å²) in [6, 6.07) is 0. The summed E-state index contributed by atoms with van der Waals surface area (Å²) in [6.07, 6.45) is -2.67. The molecule has 2 aliphatic heterocycles. The predicted octanol–water partition coefficient (Wildman–Crippen LogP) is -1.11. The maximum absolute atomic E-state index is 9.94. The van der Waals surface area contributed by atoms with E-state index >= 15 is 0 Å². The van der Waals surface area contributed by atoms with Crippen molar-refractivity contribution in [1.82, 2.24) is 4.90 Å². The van der Waals surface area contributed by atoms with Gasteiger partial charge in [0.15, 0.2) is 0 Å². The van der Waals surface area contributed by atoms with Crippen LogP contribution in [0.3, 0.4) is 0 Å². The first-order valence-electron chi connectivity index (χ1n) is 4.93. The highest BCUT2D eigenvalue weighted by atomic mass is 32.2. The van der Waals surface area contributed by atoms with Crippen LogP contribution in [0.1, 0.15) is 6.92 Å². The number of aliphatic hydroxyl groups excluding tert-OH is 3. The number of nitrogens with zero attached hydrogens (tertiary/aromatic N) is 1. The zero-order chi connectivity index (χ0) is 10.3. The van der Waals surface area contributed by atoms with E-state index in [-0.39, 0.29) is 5.54 Å². The van der Waals surface area contributed by atoms with E-state index in [2.05, 4.69) is 4.90 Å². The van der Waals surface area contributed by atoms with Crippen molar-refractivity contribution in [2.75, 3.05) is 24.6 Å². The topological polar surface area (TPSA) is 63.9 Å². The summed E-state index contributed by atoms with van der Waals surface area (Å²) in [5.74, 6) is 1.85. The molecule has 0 aromatic heterocycles. The molecular formula is C9H17NO3S. The predicted molar refractivity (Wildman–Crippen MR) is 55.3 cm³/mol. The standard InChI is InChI=1S/C9H17NO3S/c1-9-5-14-3-2-10(9)4-6(11)7(12)8(9)13/h6-8,11-13H,2-5H2,1H3/t6-,7+,8-,9+/m0/s1. The van der Waals surface area contributed by atoms with Gasteiger partial charge >= 0.3 is 0 Å². The second kappa shape index (κ2) is 3.64. The number of rotatable bonds is 0. The van der Waals surface area contributed by atoms with Gasteiger partial charge in [-0.15, -0.1) is 0 Å². The molecule has 0 aromatic rings. The van der Waals surface area contributed by atoms with Gasteiger partial charge in [-0.3, -0.25) is 4.90 Å². The van der Waals surface area contributed by atoms with Crippen LogP contribution < -0.4 is 0 Å². The van der Waals surface area contributed by atoms with Crippen LogP contribution in [0.5, 0.6) is 0 Å². The van der Waals surface area contributed by atoms with Gasteiger partial charge in [0.05, 0.1) is 11.6 Å². The minimum absolute atomic E-state index is 0.373. The van der Waals surface area contributed by atoms with Crippen molar-refractivity contribution in [3.8, 4) is 0 Å². The zero-order valence-electron chi connectivity index (χ0n) is 8.26. The van der Waals surface area contributed by atoms with E-state index in [9.17, 15) is 15.3 Å². The van der Waals surface area contributed by atoms with E-state index in [4.69, 9.17) is 0 Å². The minimum atomic E-state index is -1.00. The molecule has 0 aromatic carbocycles. The van der Waals surface area contributed by atoms with Crippen LogP contribution >= 0.6 is 11.8 Å². The first-order chi connectivity index (χ1) is 6.55. The Morgan fingerprint density at radius 1 is 1.36 bits per heavy atom. The first kappa shape index (κ1) is 10.7. The quantitative estimate of drug-likeness (QED) is 0.482. The van der Waals surface area contributed by atoms with Gasteiger partial charge in [-0.05, 0) is 6.92 Å².